The van der Waals surface area contributed by atoms with Gasteiger partial charge >= 0.3 is 18.3 Å². The zero-order valence-corrected chi connectivity index (χ0v) is 5.76. The molecule has 7 nitrogen and oxygen atoms in total. The van der Waals surface area contributed by atoms with Crippen molar-refractivity contribution in [3.8, 4) is 0 Å². The average Bonchev–Trinajstić information content (AvgIpc) is 1.21. The summed E-state index contributed by atoms with van der Waals surface area (Å²) in [6.45, 7) is 0. The van der Waals surface area contributed by atoms with E-state index in [-0.39, 0.29) is 6.15 Å². The van der Waals surface area contributed by atoms with Crippen LogP contribution in [0.3, 0.4) is 0 Å². The van der Waals surface area contributed by atoms with E-state index in [2.05, 4.69) is 3.97 Å². The summed E-state index contributed by atoms with van der Waals surface area (Å²) in [6, 6.07) is 0. The van der Waals surface area contributed by atoms with Gasteiger partial charge in [-0.25, -0.2) is 9.13 Å². The Balaban J connectivity index is 0. The van der Waals surface area contributed by atoms with E-state index in [0.717, 1.165) is 0 Å². The van der Waals surface area contributed by atoms with Crippen LogP contribution in [0, 0.1) is 0 Å². The Labute approximate surface area is 51.5 Å². The predicted molar refractivity (Wildman–Crippen MR) is 25.9 cm³/mol. The Hall–Kier alpha value is -0.270. The molecule has 0 amide bonds. The molecule has 0 spiro atoms. The lowest BCUT2D eigenvalue weighted by Gasteiger charge is -1.79. The Morgan fingerprint density at radius 2 is 1.67 bits per heavy atom. The summed E-state index contributed by atoms with van der Waals surface area (Å²) in [4.78, 5) is 0. The molecule has 0 atom stereocenters. The fourth-order valence-corrected chi connectivity index (χ4v) is 0.692. The molecule has 4 N–H and O–H groups in total. The Kier molecular flexibility index (Phi) is 4.73. The molecule has 0 unspecified atom stereocenters. The molecule has 0 saturated heterocycles. The van der Waals surface area contributed by atoms with Crippen LogP contribution in [-0.4, -0.2) is 13.0 Å². The van der Waals surface area contributed by atoms with Crippen LogP contribution in [0.5, 0.6) is 0 Å². The summed E-state index contributed by atoms with van der Waals surface area (Å²) >= 11 is 0. The molecular formula is H4NO6PS. The van der Waals surface area contributed by atoms with E-state index >= 15 is 0 Å². The third kappa shape index (κ3) is 11.3. The van der Waals surface area contributed by atoms with Crippen molar-refractivity contribution in [2.75, 3.05) is 0 Å². The van der Waals surface area contributed by atoms with Gasteiger partial charge in [-0.2, -0.15) is 8.42 Å². The lowest BCUT2D eigenvalue weighted by molar-refractivity contribution is 0.372. The first-order valence-corrected chi connectivity index (χ1v) is 3.69. The Morgan fingerprint density at radius 3 is 1.67 bits per heavy atom. The van der Waals surface area contributed by atoms with Gasteiger partial charge in [-0.1, -0.05) is 0 Å². The van der Waals surface area contributed by atoms with Crippen molar-refractivity contribution < 1.29 is 26.1 Å². The first kappa shape index (κ1) is 11.5. The van der Waals surface area contributed by atoms with Crippen molar-refractivity contribution in [3.05, 3.63) is 0 Å². The SMILES string of the molecule is N.O=P(=O)OS(=O)(=O)O. The third-order valence-corrected chi connectivity index (χ3v) is 1.40. The van der Waals surface area contributed by atoms with Crippen LogP contribution >= 0.6 is 7.91 Å². The molecule has 0 aromatic rings. The van der Waals surface area contributed by atoms with Crippen molar-refractivity contribution in [1.29, 1.82) is 0 Å². The molecule has 0 saturated carbocycles. The maximum Gasteiger partial charge on any atom is 0.485 e. The second kappa shape index (κ2) is 3.70. The molecule has 0 bridgehead atoms. The lowest BCUT2D eigenvalue weighted by atomic mass is 14.0. The predicted octanol–water partition coefficient (Wildman–Crippen LogP) is 0.0557. The maximum absolute atomic E-state index is 9.39. The van der Waals surface area contributed by atoms with Gasteiger partial charge in [-0.15, -0.1) is 3.97 Å². The highest BCUT2D eigenvalue weighted by molar-refractivity contribution is 7.83. The quantitative estimate of drug-likeness (QED) is 0.449. The molecule has 0 rings (SSSR count). The number of hydrogen-bond acceptors (Lipinski definition) is 6. The lowest BCUT2D eigenvalue weighted by Crippen LogP contribution is -1.93. The standard InChI is InChI=1S/H3N.HO6PS/c;1-7(2)6-8(3,4)5/h1H3;(H,3,4,5). The first-order chi connectivity index (χ1) is 3.42. The number of rotatable bonds is 2. The Morgan fingerprint density at radius 1 is 1.33 bits per heavy atom. The van der Waals surface area contributed by atoms with Crippen molar-refractivity contribution in [2.45, 2.75) is 0 Å². The van der Waals surface area contributed by atoms with E-state index in [4.69, 9.17) is 4.55 Å². The van der Waals surface area contributed by atoms with Crippen LogP contribution in [0.25, 0.3) is 0 Å². The van der Waals surface area contributed by atoms with Gasteiger partial charge in [0.05, 0.1) is 0 Å². The number of hydrogen-bond donors (Lipinski definition) is 2. The van der Waals surface area contributed by atoms with E-state index in [1.54, 1.807) is 0 Å². The maximum atomic E-state index is 9.39. The summed E-state index contributed by atoms with van der Waals surface area (Å²) in [6.07, 6.45) is 0. The van der Waals surface area contributed by atoms with Gasteiger partial charge in [-0.3, -0.25) is 4.55 Å². The largest absolute Gasteiger partial charge is 0.485 e. The fourth-order valence-electron chi connectivity index (χ4n) is 0.0769. The molecular weight excluding hydrogens is 173 g/mol. The highest BCUT2D eigenvalue weighted by Gasteiger charge is 2.06. The summed E-state index contributed by atoms with van der Waals surface area (Å²) < 4.78 is 47.8. The van der Waals surface area contributed by atoms with Crippen LogP contribution in [0.4, 0.5) is 0 Å². The van der Waals surface area contributed by atoms with Gasteiger partial charge in [0.15, 0.2) is 0 Å². The monoisotopic (exact) mass is 177 g/mol. The second-order valence-corrected chi connectivity index (χ2v) is 2.62. The van der Waals surface area contributed by atoms with Crippen molar-refractivity contribution in [1.82, 2.24) is 6.15 Å². The normalized spacial score (nSPS) is 9.89. The molecule has 0 aromatic heterocycles. The summed E-state index contributed by atoms with van der Waals surface area (Å²) in [5.74, 6) is 0. The Bertz CT molecular complexity index is 213. The molecule has 0 aliphatic rings. The van der Waals surface area contributed by atoms with Crippen LogP contribution in [-0.2, 0) is 23.5 Å². The van der Waals surface area contributed by atoms with Crippen molar-refractivity contribution >= 4 is 18.3 Å². The summed E-state index contributed by atoms with van der Waals surface area (Å²) in [5.41, 5.74) is 0. The van der Waals surface area contributed by atoms with Gasteiger partial charge in [0.25, 0.3) is 0 Å². The molecule has 0 radical (unpaired) electrons. The van der Waals surface area contributed by atoms with E-state index in [1.165, 1.54) is 0 Å². The molecule has 0 aliphatic carbocycles. The minimum atomic E-state index is -4.82. The van der Waals surface area contributed by atoms with Gasteiger partial charge in [0, 0.05) is 0 Å². The highest BCUT2D eigenvalue weighted by Crippen LogP contribution is 2.07. The molecule has 56 valence electrons. The van der Waals surface area contributed by atoms with E-state index in [0.29, 0.717) is 0 Å². The van der Waals surface area contributed by atoms with Crippen LogP contribution in [0.2, 0.25) is 0 Å². The zero-order valence-electron chi connectivity index (χ0n) is 4.05. The first-order valence-electron chi connectivity index (χ1n) is 1.23. The molecule has 0 aromatic carbocycles. The van der Waals surface area contributed by atoms with Crippen LogP contribution in [0.1, 0.15) is 0 Å². The van der Waals surface area contributed by atoms with Crippen LogP contribution in [0.15, 0.2) is 0 Å². The van der Waals surface area contributed by atoms with Crippen molar-refractivity contribution in [2.24, 2.45) is 0 Å². The topological polar surface area (TPSA) is 133 Å². The third-order valence-electron chi connectivity index (χ3n) is 0.155. The summed E-state index contributed by atoms with van der Waals surface area (Å²) in [5, 5.41) is 0. The van der Waals surface area contributed by atoms with E-state index in [9.17, 15) is 17.5 Å². The summed E-state index contributed by atoms with van der Waals surface area (Å²) in [7, 11) is -8.35. The zero-order chi connectivity index (χ0) is 6.78. The van der Waals surface area contributed by atoms with Crippen molar-refractivity contribution in [3.63, 3.8) is 0 Å². The van der Waals surface area contributed by atoms with Gasteiger partial charge in [-0.05, 0) is 0 Å². The molecule has 9 heavy (non-hydrogen) atoms. The molecule has 0 aliphatic heterocycles. The minimum absolute atomic E-state index is 0. The fraction of sp³-hybridized carbons (Fsp3) is 0. The van der Waals surface area contributed by atoms with E-state index in [1.807, 2.05) is 0 Å². The molecule has 0 heterocycles. The second-order valence-electron chi connectivity index (χ2n) is 0.726. The highest BCUT2D eigenvalue weighted by atomic mass is 32.3. The minimum Gasteiger partial charge on any atom is -0.344 e. The van der Waals surface area contributed by atoms with Gasteiger partial charge in [0.2, 0.25) is 0 Å². The van der Waals surface area contributed by atoms with Gasteiger partial charge in [0.1, 0.15) is 0 Å². The smallest absolute Gasteiger partial charge is 0.344 e. The van der Waals surface area contributed by atoms with Crippen LogP contribution < -0.4 is 6.15 Å². The average molecular weight is 177 g/mol. The molecule has 0 fully saturated rings. The van der Waals surface area contributed by atoms with E-state index < -0.39 is 18.3 Å². The molecule has 9 heteroatoms. The van der Waals surface area contributed by atoms with Gasteiger partial charge < -0.3 is 6.15 Å².